The normalized spacial score (nSPS) is 11.5. The zero-order valence-electron chi connectivity index (χ0n) is 13.7. The fourth-order valence-electron chi connectivity index (χ4n) is 1.97. The first-order valence-electron chi connectivity index (χ1n) is 7.65. The maximum atomic E-state index is 12.4. The number of amides is 1. The number of carbonyl (C=O) groups is 1. The zero-order chi connectivity index (χ0) is 17.6. The molecule has 1 aromatic carbocycles. The van der Waals surface area contributed by atoms with E-state index in [1.54, 1.807) is 36.7 Å². The SMILES string of the molecule is CC(C)CNC(=O)c1cccc(S(=O)(=O)NCc2cccnc2)c1. The minimum atomic E-state index is -3.70. The highest BCUT2D eigenvalue weighted by molar-refractivity contribution is 7.89. The Bertz CT molecular complexity index is 790. The molecule has 0 aliphatic heterocycles. The zero-order valence-corrected chi connectivity index (χ0v) is 14.5. The van der Waals surface area contributed by atoms with Crippen LogP contribution in [0, 0.1) is 5.92 Å². The van der Waals surface area contributed by atoms with E-state index in [2.05, 4.69) is 15.0 Å². The van der Waals surface area contributed by atoms with Crippen molar-refractivity contribution < 1.29 is 13.2 Å². The lowest BCUT2D eigenvalue weighted by Crippen LogP contribution is -2.28. The van der Waals surface area contributed by atoms with Crippen molar-refractivity contribution in [1.29, 1.82) is 0 Å². The van der Waals surface area contributed by atoms with Crippen molar-refractivity contribution in [3.63, 3.8) is 0 Å². The Morgan fingerprint density at radius 2 is 2.00 bits per heavy atom. The van der Waals surface area contributed by atoms with Gasteiger partial charge in [-0.05, 0) is 35.7 Å². The van der Waals surface area contributed by atoms with Gasteiger partial charge in [-0.15, -0.1) is 0 Å². The van der Waals surface area contributed by atoms with E-state index < -0.39 is 10.0 Å². The summed E-state index contributed by atoms with van der Waals surface area (Å²) in [6, 6.07) is 9.51. The number of carbonyl (C=O) groups excluding carboxylic acids is 1. The Labute approximate surface area is 142 Å². The maximum absolute atomic E-state index is 12.4. The molecule has 0 fully saturated rings. The molecule has 128 valence electrons. The lowest BCUT2D eigenvalue weighted by molar-refractivity contribution is 0.0949. The number of hydrogen-bond acceptors (Lipinski definition) is 4. The van der Waals surface area contributed by atoms with E-state index in [9.17, 15) is 13.2 Å². The molecule has 2 aromatic rings. The molecule has 0 unspecified atom stereocenters. The standard InChI is InChI=1S/C17H21N3O3S/c1-13(2)10-19-17(21)15-6-3-7-16(9-15)24(22,23)20-12-14-5-4-8-18-11-14/h3-9,11,13,20H,10,12H2,1-2H3,(H,19,21). The van der Waals surface area contributed by atoms with Crippen molar-refractivity contribution in [1.82, 2.24) is 15.0 Å². The summed E-state index contributed by atoms with van der Waals surface area (Å²) in [5.41, 5.74) is 1.08. The molecule has 0 aliphatic rings. The second-order valence-electron chi connectivity index (χ2n) is 5.82. The molecule has 6 nitrogen and oxygen atoms in total. The van der Waals surface area contributed by atoms with Gasteiger partial charge in [-0.25, -0.2) is 13.1 Å². The highest BCUT2D eigenvalue weighted by Crippen LogP contribution is 2.12. The number of sulfonamides is 1. The summed E-state index contributed by atoms with van der Waals surface area (Å²) in [6.07, 6.45) is 3.22. The summed E-state index contributed by atoms with van der Waals surface area (Å²) in [5.74, 6) is 0.0371. The van der Waals surface area contributed by atoms with Gasteiger partial charge in [0.25, 0.3) is 5.91 Å². The van der Waals surface area contributed by atoms with Gasteiger partial charge in [-0.3, -0.25) is 9.78 Å². The van der Waals surface area contributed by atoms with Crippen LogP contribution in [0.4, 0.5) is 0 Å². The van der Waals surface area contributed by atoms with Crippen molar-refractivity contribution in [3.05, 3.63) is 59.9 Å². The fourth-order valence-corrected chi connectivity index (χ4v) is 3.03. The molecule has 0 saturated heterocycles. The predicted octanol–water partition coefficient (Wildman–Crippen LogP) is 1.95. The van der Waals surface area contributed by atoms with Crippen molar-refractivity contribution >= 4 is 15.9 Å². The highest BCUT2D eigenvalue weighted by Gasteiger charge is 2.16. The number of nitrogens with one attached hydrogen (secondary N) is 2. The highest BCUT2D eigenvalue weighted by atomic mass is 32.2. The summed E-state index contributed by atoms with van der Waals surface area (Å²) in [7, 11) is -3.70. The first-order chi connectivity index (χ1) is 11.4. The molecule has 1 amide bonds. The van der Waals surface area contributed by atoms with Gasteiger partial charge in [0.05, 0.1) is 4.90 Å². The molecule has 0 radical (unpaired) electrons. The van der Waals surface area contributed by atoms with E-state index in [4.69, 9.17) is 0 Å². The molecule has 0 bridgehead atoms. The average Bonchev–Trinajstić information content (AvgIpc) is 2.59. The molecule has 1 aromatic heterocycles. The molecule has 0 aliphatic carbocycles. The Balaban J connectivity index is 2.10. The molecule has 2 rings (SSSR count). The monoisotopic (exact) mass is 347 g/mol. The number of pyridine rings is 1. The van der Waals surface area contributed by atoms with Gasteiger partial charge in [0, 0.05) is 31.0 Å². The first kappa shape index (κ1) is 18.1. The number of rotatable bonds is 7. The van der Waals surface area contributed by atoms with E-state index in [0.717, 1.165) is 5.56 Å². The third-order valence-electron chi connectivity index (χ3n) is 3.27. The van der Waals surface area contributed by atoms with Crippen LogP contribution in [0.2, 0.25) is 0 Å². The van der Waals surface area contributed by atoms with E-state index in [1.807, 2.05) is 13.8 Å². The smallest absolute Gasteiger partial charge is 0.251 e. The molecule has 24 heavy (non-hydrogen) atoms. The minimum absolute atomic E-state index is 0.0589. The Kier molecular flexibility index (Phi) is 6.05. The second kappa shape index (κ2) is 8.03. The van der Waals surface area contributed by atoms with Crippen molar-refractivity contribution in [2.75, 3.05) is 6.54 Å². The minimum Gasteiger partial charge on any atom is -0.352 e. The van der Waals surface area contributed by atoms with Crippen LogP contribution in [-0.2, 0) is 16.6 Å². The predicted molar refractivity (Wildman–Crippen MR) is 91.9 cm³/mol. The van der Waals surface area contributed by atoms with Crippen LogP contribution in [0.3, 0.4) is 0 Å². The number of hydrogen-bond donors (Lipinski definition) is 2. The van der Waals surface area contributed by atoms with Gasteiger partial charge >= 0.3 is 0 Å². The summed E-state index contributed by atoms with van der Waals surface area (Å²) < 4.78 is 27.3. The van der Waals surface area contributed by atoms with E-state index in [1.165, 1.54) is 12.1 Å². The van der Waals surface area contributed by atoms with Gasteiger partial charge in [-0.1, -0.05) is 26.0 Å². The van der Waals surface area contributed by atoms with Gasteiger partial charge in [-0.2, -0.15) is 0 Å². The van der Waals surface area contributed by atoms with E-state index in [-0.39, 0.29) is 17.3 Å². The molecule has 0 saturated carbocycles. The summed E-state index contributed by atoms with van der Waals surface area (Å²) in [4.78, 5) is 16.1. The molecule has 7 heteroatoms. The van der Waals surface area contributed by atoms with Crippen LogP contribution in [0.5, 0.6) is 0 Å². The Morgan fingerprint density at radius 1 is 1.21 bits per heavy atom. The molecule has 2 N–H and O–H groups in total. The van der Waals surface area contributed by atoms with Crippen molar-refractivity contribution in [3.8, 4) is 0 Å². The summed E-state index contributed by atoms with van der Waals surface area (Å²) in [6.45, 7) is 4.65. The van der Waals surface area contributed by atoms with Crippen LogP contribution < -0.4 is 10.0 Å². The Hall–Kier alpha value is -2.25. The third-order valence-corrected chi connectivity index (χ3v) is 4.67. The third kappa shape index (κ3) is 5.14. The Morgan fingerprint density at radius 3 is 2.67 bits per heavy atom. The quantitative estimate of drug-likeness (QED) is 0.801. The molecule has 1 heterocycles. The summed E-state index contributed by atoms with van der Waals surface area (Å²) in [5, 5.41) is 2.77. The molecule has 0 spiro atoms. The molecular weight excluding hydrogens is 326 g/mol. The molecule has 0 atom stereocenters. The van der Waals surface area contributed by atoms with Gasteiger partial charge in [0.2, 0.25) is 10.0 Å². The van der Waals surface area contributed by atoms with Crippen molar-refractivity contribution in [2.45, 2.75) is 25.3 Å². The lowest BCUT2D eigenvalue weighted by Gasteiger charge is -2.10. The average molecular weight is 347 g/mol. The lowest BCUT2D eigenvalue weighted by atomic mass is 10.2. The topological polar surface area (TPSA) is 88.2 Å². The number of nitrogens with zero attached hydrogens (tertiary/aromatic N) is 1. The van der Waals surface area contributed by atoms with Crippen LogP contribution in [0.25, 0.3) is 0 Å². The van der Waals surface area contributed by atoms with Crippen LogP contribution in [0.1, 0.15) is 29.8 Å². The van der Waals surface area contributed by atoms with Gasteiger partial charge in [0.1, 0.15) is 0 Å². The first-order valence-corrected chi connectivity index (χ1v) is 9.13. The van der Waals surface area contributed by atoms with E-state index in [0.29, 0.717) is 18.0 Å². The maximum Gasteiger partial charge on any atom is 0.251 e. The molecular formula is C17H21N3O3S. The number of aromatic nitrogens is 1. The second-order valence-corrected chi connectivity index (χ2v) is 7.58. The van der Waals surface area contributed by atoms with Crippen LogP contribution in [0.15, 0.2) is 53.7 Å². The van der Waals surface area contributed by atoms with E-state index >= 15 is 0 Å². The fraction of sp³-hybridized carbons (Fsp3) is 0.294. The van der Waals surface area contributed by atoms with Crippen LogP contribution >= 0.6 is 0 Å². The largest absolute Gasteiger partial charge is 0.352 e. The number of benzene rings is 1. The van der Waals surface area contributed by atoms with Crippen LogP contribution in [-0.4, -0.2) is 25.9 Å². The van der Waals surface area contributed by atoms with Gasteiger partial charge in [0.15, 0.2) is 0 Å². The van der Waals surface area contributed by atoms with Gasteiger partial charge < -0.3 is 5.32 Å². The summed E-state index contributed by atoms with van der Waals surface area (Å²) >= 11 is 0. The van der Waals surface area contributed by atoms with Crippen molar-refractivity contribution in [2.24, 2.45) is 5.92 Å².